The fourth-order valence-corrected chi connectivity index (χ4v) is 3.46. The fraction of sp³-hybridized carbons (Fsp3) is 0.133. The van der Waals surface area contributed by atoms with Crippen LogP contribution < -0.4 is 0 Å². The molecule has 0 atom stereocenters. The average molecular weight is 356 g/mol. The van der Waals surface area contributed by atoms with Crippen molar-refractivity contribution in [1.29, 1.82) is 0 Å². The number of hydrogen-bond acceptors (Lipinski definition) is 8. The van der Waals surface area contributed by atoms with Gasteiger partial charge >= 0.3 is 0 Å². The standard InChI is InChI=1S/C15H12N6OS2/c1-2-5-11(6-3-1)9-21-15(17-19-20-21)24-10-13-16-14(22-18-13)12-7-4-8-23-12/h1-8H,9-10H2. The number of thioether (sulfide) groups is 1. The predicted molar refractivity (Wildman–Crippen MR) is 90.5 cm³/mol. The summed E-state index contributed by atoms with van der Waals surface area (Å²) in [5.74, 6) is 1.71. The molecule has 0 aliphatic rings. The highest BCUT2D eigenvalue weighted by molar-refractivity contribution is 7.98. The molecule has 0 saturated heterocycles. The van der Waals surface area contributed by atoms with Crippen molar-refractivity contribution in [1.82, 2.24) is 30.3 Å². The Kier molecular flexibility index (Phi) is 4.34. The van der Waals surface area contributed by atoms with Crippen molar-refractivity contribution in [3.05, 3.63) is 59.2 Å². The minimum absolute atomic E-state index is 0.546. The van der Waals surface area contributed by atoms with E-state index in [9.17, 15) is 0 Å². The highest BCUT2D eigenvalue weighted by Crippen LogP contribution is 2.25. The quantitative estimate of drug-likeness (QED) is 0.491. The second-order valence-corrected chi connectivity index (χ2v) is 6.78. The topological polar surface area (TPSA) is 82.5 Å². The zero-order valence-electron chi connectivity index (χ0n) is 12.4. The summed E-state index contributed by atoms with van der Waals surface area (Å²) < 4.78 is 7.05. The molecule has 4 rings (SSSR count). The summed E-state index contributed by atoms with van der Waals surface area (Å²) in [6.07, 6.45) is 0. The van der Waals surface area contributed by atoms with Crippen LogP contribution in [0.3, 0.4) is 0 Å². The van der Waals surface area contributed by atoms with Gasteiger partial charge in [0.1, 0.15) is 0 Å². The second kappa shape index (κ2) is 6.93. The Balaban J connectivity index is 1.43. The van der Waals surface area contributed by atoms with Crippen LogP contribution in [-0.4, -0.2) is 30.3 Å². The maximum Gasteiger partial charge on any atom is 0.268 e. The summed E-state index contributed by atoms with van der Waals surface area (Å²) in [4.78, 5) is 5.37. The Labute approximate surface area is 145 Å². The van der Waals surface area contributed by atoms with Crippen LogP contribution in [0, 0.1) is 0 Å². The van der Waals surface area contributed by atoms with Crippen LogP contribution in [0.4, 0.5) is 0 Å². The van der Waals surface area contributed by atoms with Gasteiger partial charge in [-0.1, -0.05) is 53.3 Å². The van der Waals surface area contributed by atoms with E-state index in [2.05, 4.69) is 25.7 Å². The van der Waals surface area contributed by atoms with Crippen LogP contribution in [-0.2, 0) is 12.3 Å². The highest BCUT2D eigenvalue weighted by Gasteiger charge is 2.13. The number of thiophene rings is 1. The van der Waals surface area contributed by atoms with Crippen LogP contribution in [0.5, 0.6) is 0 Å². The molecular weight excluding hydrogens is 344 g/mol. The van der Waals surface area contributed by atoms with Crippen LogP contribution in [0.15, 0.2) is 57.5 Å². The minimum atomic E-state index is 0.546. The Morgan fingerprint density at radius 3 is 2.88 bits per heavy atom. The van der Waals surface area contributed by atoms with Gasteiger partial charge in [-0.3, -0.25) is 0 Å². The van der Waals surface area contributed by atoms with Crippen molar-refractivity contribution in [2.24, 2.45) is 0 Å². The molecule has 0 aliphatic heterocycles. The molecule has 0 radical (unpaired) electrons. The molecule has 24 heavy (non-hydrogen) atoms. The smallest absolute Gasteiger partial charge is 0.268 e. The first kappa shape index (κ1) is 15.0. The van der Waals surface area contributed by atoms with Gasteiger partial charge < -0.3 is 4.52 Å². The Hall–Kier alpha value is -2.52. The number of hydrogen-bond donors (Lipinski definition) is 0. The molecule has 0 fully saturated rings. The third-order valence-electron chi connectivity index (χ3n) is 3.20. The molecule has 4 aromatic rings. The van der Waals surface area contributed by atoms with E-state index in [4.69, 9.17) is 4.52 Å². The molecule has 0 amide bonds. The van der Waals surface area contributed by atoms with Crippen molar-refractivity contribution in [3.63, 3.8) is 0 Å². The summed E-state index contributed by atoms with van der Waals surface area (Å²) in [6.45, 7) is 0.628. The number of nitrogens with zero attached hydrogens (tertiary/aromatic N) is 6. The average Bonchev–Trinajstić information content (AvgIpc) is 3.36. The van der Waals surface area contributed by atoms with Gasteiger partial charge in [0.25, 0.3) is 5.89 Å². The Morgan fingerprint density at radius 1 is 1.12 bits per heavy atom. The minimum Gasteiger partial charge on any atom is -0.333 e. The van der Waals surface area contributed by atoms with E-state index in [1.165, 1.54) is 11.8 Å². The van der Waals surface area contributed by atoms with Gasteiger partial charge in [0.05, 0.1) is 17.2 Å². The first-order valence-electron chi connectivity index (χ1n) is 7.18. The van der Waals surface area contributed by atoms with E-state index in [1.807, 2.05) is 47.8 Å². The molecule has 0 N–H and O–H groups in total. The summed E-state index contributed by atoms with van der Waals surface area (Å²) in [5.41, 5.74) is 1.14. The summed E-state index contributed by atoms with van der Waals surface area (Å²) in [6, 6.07) is 14.0. The van der Waals surface area contributed by atoms with Gasteiger partial charge in [0, 0.05) is 0 Å². The monoisotopic (exact) mass is 356 g/mol. The second-order valence-electron chi connectivity index (χ2n) is 4.89. The zero-order valence-corrected chi connectivity index (χ0v) is 14.1. The molecule has 0 unspecified atom stereocenters. The molecule has 0 aliphatic carbocycles. The summed E-state index contributed by atoms with van der Waals surface area (Å²) >= 11 is 3.05. The molecule has 0 bridgehead atoms. The van der Waals surface area contributed by atoms with Gasteiger partial charge in [-0.15, -0.1) is 16.4 Å². The van der Waals surface area contributed by atoms with Crippen molar-refractivity contribution >= 4 is 23.1 Å². The number of benzene rings is 1. The van der Waals surface area contributed by atoms with Gasteiger partial charge in [0.2, 0.25) is 5.16 Å². The van der Waals surface area contributed by atoms with Crippen molar-refractivity contribution in [3.8, 4) is 10.8 Å². The van der Waals surface area contributed by atoms with Gasteiger partial charge in [-0.05, 0) is 27.4 Å². The lowest BCUT2D eigenvalue weighted by atomic mass is 10.2. The van der Waals surface area contributed by atoms with E-state index in [0.717, 1.165) is 15.6 Å². The molecule has 3 aromatic heterocycles. The third kappa shape index (κ3) is 3.36. The Bertz CT molecular complexity index is 903. The van der Waals surface area contributed by atoms with Crippen LogP contribution in [0.25, 0.3) is 10.8 Å². The predicted octanol–water partition coefficient (Wildman–Crippen LogP) is 3.13. The van der Waals surface area contributed by atoms with E-state index < -0.39 is 0 Å². The molecule has 0 saturated carbocycles. The van der Waals surface area contributed by atoms with Crippen LogP contribution in [0.1, 0.15) is 11.4 Å². The SMILES string of the molecule is c1ccc(Cn2nnnc2SCc2noc(-c3cccs3)n2)cc1. The van der Waals surface area contributed by atoms with Gasteiger partial charge in [-0.25, -0.2) is 4.68 Å². The lowest BCUT2D eigenvalue weighted by Gasteiger charge is -2.03. The van der Waals surface area contributed by atoms with Gasteiger partial charge in [-0.2, -0.15) is 4.98 Å². The maximum absolute atomic E-state index is 5.28. The van der Waals surface area contributed by atoms with Crippen LogP contribution >= 0.6 is 23.1 Å². The molecular formula is C15H12N6OS2. The van der Waals surface area contributed by atoms with Gasteiger partial charge in [0.15, 0.2) is 5.82 Å². The largest absolute Gasteiger partial charge is 0.333 e. The number of rotatable bonds is 6. The maximum atomic E-state index is 5.28. The third-order valence-corrected chi connectivity index (χ3v) is 5.02. The first-order chi connectivity index (χ1) is 11.9. The fourth-order valence-electron chi connectivity index (χ4n) is 2.10. The molecule has 0 spiro atoms. The van der Waals surface area contributed by atoms with E-state index in [-0.39, 0.29) is 0 Å². The summed E-state index contributed by atoms with van der Waals surface area (Å²) in [7, 11) is 0. The van der Waals surface area contributed by atoms with Crippen molar-refractivity contribution in [2.45, 2.75) is 17.5 Å². The molecule has 120 valence electrons. The number of tetrazole rings is 1. The number of aromatic nitrogens is 6. The van der Waals surface area contributed by atoms with Crippen LogP contribution in [0.2, 0.25) is 0 Å². The normalized spacial score (nSPS) is 11.0. The summed E-state index contributed by atoms with van der Waals surface area (Å²) in [5, 5.41) is 18.6. The molecule has 3 heterocycles. The lowest BCUT2D eigenvalue weighted by Crippen LogP contribution is -2.03. The molecule has 1 aromatic carbocycles. The Morgan fingerprint density at radius 2 is 2.04 bits per heavy atom. The van der Waals surface area contributed by atoms with E-state index >= 15 is 0 Å². The van der Waals surface area contributed by atoms with E-state index in [0.29, 0.717) is 24.0 Å². The van der Waals surface area contributed by atoms with Crippen molar-refractivity contribution in [2.75, 3.05) is 0 Å². The molecule has 7 nitrogen and oxygen atoms in total. The molecule has 9 heteroatoms. The zero-order chi connectivity index (χ0) is 16.2. The van der Waals surface area contributed by atoms with Crippen molar-refractivity contribution < 1.29 is 4.52 Å². The highest BCUT2D eigenvalue weighted by atomic mass is 32.2. The lowest BCUT2D eigenvalue weighted by molar-refractivity contribution is 0.426. The first-order valence-corrected chi connectivity index (χ1v) is 9.04. The van der Waals surface area contributed by atoms with E-state index in [1.54, 1.807) is 16.0 Å².